The van der Waals surface area contributed by atoms with Crippen molar-refractivity contribution in [3.05, 3.63) is 38.5 Å². The molecule has 104 valence electrons. The Bertz CT molecular complexity index is 632. The van der Waals surface area contributed by atoms with E-state index in [9.17, 15) is 14.7 Å². The summed E-state index contributed by atoms with van der Waals surface area (Å²) in [5.41, 5.74) is 0.586. The molecule has 0 radical (unpaired) electrons. The number of rotatable bonds is 5. The van der Waals surface area contributed by atoms with Gasteiger partial charge in [-0.25, -0.2) is 9.78 Å². The van der Waals surface area contributed by atoms with Gasteiger partial charge in [0, 0.05) is 5.92 Å². The summed E-state index contributed by atoms with van der Waals surface area (Å²) in [4.78, 5) is 28.1. The van der Waals surface area contributed by atoms with Crippen LogP contribution >= 0.6 is 22.7 Å². The highest BCUT2D eigenvalue weighted by molar-refractivity contribution is 7.13. The maximum Gasteiger partial charge on any atom is 0.330 e. The van der Waals surface area contributed by atoms with Crippen LogP contribution < -0.4 is 5.32 Å². The Morgan fingerprint density at radius 1 is 1.45 bits per heavy atom. The van der Waals surface area contributed by atoms with E-state index in [1.54, 1.807) is 16.8 Å². The van der Waals surface area contributed by atoms with Gasteiger partial charge in [0.1, 0.15) is 4.88 Å². The number of carbonyl (C=O) groups excluding carboxylic acids is 1. The second-order valence-electron chi connectivity index (χ2n) is 4.64. The van der Waals surface area contributed by atoms with Crippen LogP contribution in [-0.2, 0) is 4.79 Å². The van der Waals surface area contributed by atoms with E-state index in [-0.39, 0.29) is 5.91 Å². The fourth-order valence-electron chi connectivity index (χ4n) is 1.84. The fourth-order valence-corrected chi connectivity index (χ4v) is 3.52. The van der Waals surface area contributed by atoms with Crippen molar-refractivity contribution in [2.45, 2.75) is 24.8 Å². The average Bonchev–Trinajstić information content (AvgIpc) is 2.95. The lowest BCUT2D eigenvalue weighted by atomic mass is 10.1. The van der Waals surface area contributed by atoms with Gasteiger partial charge in [-0.15, -0.1) is 11.3 Å². The highest BCUT2D eigenvalue weighted by atomic mass is 32.1. The lowest BCUT2D eigenvalue weighted by Gasteiger charge is -2.12. The Morgan fingerprint density at radius 3 is 2.85 bits per heavy atom. The maximum absolute atomic E-state index is 12.1. The number of hydrogen-bond donors (Lipinski definition) is 2. The number of carbonyl (C=O) groups is 2. The smallest absolute Gasteiger partial charge is 0.330 e. The zero-order valence-corrected chi connectivity index (χ0v) is 12.0. The van der Waals surface area contributed by atoms with Crippen molar-refractivity contribution in [1.82, 2.24) is 10.3 Å². The molecule has 20 heavy (non-hydrogen) atoms. The van der Waals surface area contributed by atoms with Gasteiger partial charge in [0.05, 0.1) is 11.2 Å². The lowest BCUT2D eigenvalue weighted by Crippen LogP contribution is -2.33. The van der Waals surface area contributed by atoms with E-state index in [4.69, 9.17) is 0 Å². The molecule has 1 aliphatic rings. The Labute approximate surface area is 123 Å². The molecule has 7 heteroatoms. The molecule has 1 amide bonds. The normalized spacial score (nSPS) is 15.8. The zero-order chi connectivity index (χ0) is 14.1. The average molecular weight is 308 g/mol. The summed E-state index contributed by atoms with van der Waals surface area (Å²) in [5.74, 6) is -0.953. The van der Waals surface area contributed by atoms with Crippen molar-refractivity contribution in [3.63, 3.8) is 0 Å². The number of amides is 1. The largest absolute Gasteiger partial charge is 0.479 e. The number of aliphatic carboxylic acids is 1. The van der Waals surface area contributed by atoms with Gasteiger partial charge in [-0.2, -0.15) is 11.3 Å². The number of carboxylic acid groups (broad SMARTS) is 1. The number of nitrogens with one attached hydrogen (secondary N) is 1. The summed E-state index contributed by atoms with van der Waals surface area (Å²) in [7, 11) is 0. The standard InChI is InChI=1S/C13H12N2O3S2/c16-11(9-5-14-12(20-9)7-1-2-7)15-10(13(17)18)8-3-4-19-6-8/h3-7,10H,1-2H2,(H,15,16)(H,17,18). The first-order valence-corrected chi connectivity index (χ1v) is 7.92. The van der Waals surface area contributed by atoms with Crippen LogP contribution in [0.3, 0.4) is 0 Å². The molecule has 0 bridgehead atoms. The number of thiophene rings is 1. The zero-order valence-electron chi connectivity index (χ0n) is 10.4. The first kappa shape index (κ1) is 13.3. The van der Waals surface area contributed by atoms with Crippen LogP contribution in [0.2, 0.25) is 0 Å². The van der Waals surface area contributed by atoms with Gasteiger partial charge in [-0.05, 0) is 35.2 Å². The second-order valence-corrected chi connectivity index (χ2v) is 6.48. The van der Waals surface area contributed by atoms with Gasteiger partial charge in [-0.3, -0.25) is 4.79 Å². The van der Waals surface area contributed by atoms with Crippen molar-refractivity contribution >= 4 is 34.6 Å². The molecule has 0 aliphatic heterocycles. The molecule has 2 heterocycles. The quantitative estimate of drug-likeness (QED) is 0.890. The van der Waals surface area contributed by atoms with Crippen molar-refractivity contribution in [1.29, 1.82) is 0 Å². The van der Waals surface area contributed by atoms with E-state index in [0.29, 0.717) is 16.4 Å². The molecule has 0 aromatic carbocycles. The monoisotopic (exact) mass is 308 g/mol. The van der Waals surface area contributed by atoms with Crippen molar-refractivity contribution in [3.8, 4) is 0 Å². The summed E-state index contributed by atoms with van der Waals surface area (Å²) in [5, 5.41) is 16.2. The summed E-state index contributed by atoms with van der Waals surface area (Å²) in [6.45, 7) is 0. The highest BCUT2D eigenvalue weighted by Crippen LogP contribution is 2.41. The van der Waals surface area contributed by atoms with Crippen molar-refractivity contribution < 1.29 is 14.7 Å². The Morgan fingerprint density at radius 2 is 2.25 bits per heavy atom. The summed E-state index contributed by atoms with van der Waals surface area (Å²) >= 11 is 2.75. The minimum absolute atomic E-state index is 0.381. The Kier molecular flexibility index (Phi) is 3.54. The molecule has 1 atom stereocenters. The third-order valence-corrected chi connectivity index (χ3v) is 4.93. The molecule has 2 aromatic heterocycles. The van der Waals surface area contributed by atoms with Crippen LogP contribution in [0, 0.1) is 0 Å². The minimum atomic E-state index is -1.07. The third-order valence-electron chi connectivity index (χ3n) is 3.07. The summed E-state index contributed by atoms with van der Waals surface area (Å²) < 4.78 is 0. The highest BCUT2D eigenvalue weighted by Gasteiger charge is 2.29. The summed E-state index contributed by atoms with van der Waals surface area (Å²) in [6, 6.07) is 0.687. The Hall–Kier alpha value is -1.73. The van der Waals surface area contributed by atoms with E-state index in [1.807, 2.05) is 0 Å². The van der Waals surface area contributed by atoms with E-state index in [1.165, 1.54) is 28.9 Å². The number of hydrogen-bond acceptors (Lipinski definition) is 5. The number of carboxylic acids is 1. The third kappa shape index (κ3) is 2.73. The van der Waals surface area contributed by atoms with Crippen LogP contribution in [-0.4, -0.2) is 22.0 Å². The fraction of sp³-hybridized carbons (Fsp3) is 0.308. The molecule has 2 N–H and O–H groups in total. The van der Waals surface area contributed by atoms with Gasteiger partial charge < -0.3 is 10.4 Å². The number of aromatic nitrogens is 1. The van der Waals surface area contributed by atoms with Crippen LogP contribution in [0.15, 0.2) is 23.0 Å². The van der Waals surface area contributed by atoms with E-state index >= 15 is 0 Å². The Balaban J connectivity index is 1.74. The molecule has 2 aromatic rings. The molecule has 1 unspecified atom stereocenters. The molecular formula is C13H12N2O3S2. The molecule has 0 saturated heterocycles. The van der Waals surface area contributed by atoms with Gasteiger partial charge in [0.2, 0.25) is 0 Å². The molecule has 3 rings (SSSR count). The molecule has 0 spiro atoms. The van der Waals surface area contributed by atoms with E-state index in [2.05, 4.69) is 10.3 Å². The molecule has 1 aliphatic carbocycles. The second kappa shape index (κ2) is 5.34. The van der Waals surface area contributed by atoms with Gasteiger partial charge in [0.15, 0.2) is 6.04 Å². The molecule has 1 fully saturated rings. The van der Waals surface area contributed by atoms with Gasteiger partial charge in [-0.1, -0.05) is 0 Å². The maximum atomic E-state index is 12.1. The molecular weight excluding hydrogens is 296 g/mol. The first-order valence-electron chi connectivity index (χ1n) is 6.16. The molecule has 1 saturated carbocycles. The summed E-state index contributed by atoms with van der Waals surface area (Å²) in [6.07, 6.45) is 3.78. The van der Waals surface area contributed by atoms with Crippen LogP contribution in [0.25, 0.3) is 0 Å². The topological polar surface area (TPSA) is 79.3 Å². The number of thiazole rings is 1. The minimum Gasteiger partial charge on any atom is -0.479 e. The van der Waals surface area contributed by atoms with Crippen molar-refractivity contribution in [2.24, 2.45) is 0 Å². The van der Waals surface area contributed by atoms with E-state index < -0.39 is 12.0 Å². The first-order chi connectivity index (χ1) is 9.65. The van der Waals surface area contributed by atoms with E-state index in [0.717, 1.165) is 17.8 Å². The van der Waals surface area contributed by atoms with Gasteiger partial charge in [0.25, 0.3) is 5.91 Å². The number of nitrogens with zero attached hydrogens (tertiary/aromatic N) is 1. The molecule has 5 nitrogen and oxygen atoms in total. The van der Waals surface area contributed by atoms with Gasteiger partial charge >= 0.3 is 5.97 Å². The predicted molar refractivity (Wildman–Crippen MR) is 76.3 cm³/mol. The van der Waals surface area contributed by atoms with Crippen molar-refractivity contribution in [2.75, 3.05) is 0 Å². The predicted octanol–water partition coefficient (Wildman–Crippen LogP) is 2.64. The SMILES string of the molecule is O=C(NC(C(=O)O)c1ccsc1)c1cnc(C2CC2)s1. The van der Waals surface area contributed by atoms with Crippen LogP contribution in [0.5, 0.6) is 0 Å². The van der Waals surface area contributed by atoms with Crippen LogP contribution in [0.4, 0.5) is 0 Å². The van der Waals surface area contributed by atoms with Crippen LogP contribution in [0.1, 0.15) is 45.0 Å². The lowest BCUT2D eigenvalue weighted by molar-refractivity contribution is -0.139.